The number of piperidine rings is 1. The highest BCUT2D eigenvalue weighted by atomic mass is 32.2. The van der Waals surface area contributed by atoms with Crippen LogP contribution in [-0.4, -0.2) is 32.3 Å². The van der Waals surface area contributed by atoms with E-state index in [9.17, 15) is 23.3 Å². The second-order valence-corrected chi connectivity index (χ2v) is 9.67. The van der Waals surface area contributed by atoms with Gasteiger partial charge < -0.3 is 10.2 Å². The Morgan fingerprint density at radius 3 is 2.15 bits per heavy atom. The standard InChI is InChI=1S/C24H24N4O5S/c29-24(18-14-16-27(17-15-18)22-8-4-5-9-23(22)28(30)31)25-19-10-12-21(13-11-19)34(32,33)26-20-6-2-1-3-7-20/h1-13,18,26H,14-17H2,(H,25,29). The van der Waals surface area contributed by atoms with E-state index in [4.69, 9.17) is 0 Å². The number of carbonyl (C=O) groups excluding carboxylic acids is 1. The average Bonchev–Trinajstić information content (AvgIpc) is 2.85. The Balaban J connectivity index is 1.35. The number of hydrogen-bond acceptors (Lipinski definition) is 6. The lowest BCUT2D eigenvalue weighted by Gasteiger charge is -2.32. The number of nitrogens with one attached hydrogen (secondary N) is 2. The molecule has 0 radical (unpaired) electrons. The summed E-state index contributed by atoms with van der Waals surface area (Å²) in [6.45, 7) is 1.07. The van der Waals surface area contributed by atoms with Crippen molar-refractivity contribution < 1.29 is 18.1 Å². The van der Waals surface area contributed by atoms with Gasteiger partial charge in [-0.1, -0.05) is 30.3 Å². The Morgan fingerprint density at radius 2 is 1.50 bits per heavy atom. The first kappa shape index (κ1) is 23.2. The average molecular weight is 481 g/mol. The van der Waals surface area contributed by atoms with E-state index in [1.165, 1.54) is 18.2 Å². The van der Waals surface area contributed by atoms with Crippen molar-refractivity contribution in [3.63, 3.8) is 0 Å². The molecule has 1 aliphatic rings. The molecule has 176 valence electrons. The van der Waals surface area contributed by atoms with Crippen LogP contribution in [0.2, 0.25) is 0 Å². The maximum atomic E-state index is 12.7. The third-order valence-electron chi connectivity index (χ3n) is 5.74. The van der Waals surface area contributed by atoms with Crippen LogP contribution < -0.4 is 14.9 Å². The predicted octanol–water partition coefficient (Wildman–Crippen LogP) is 4.25. The summed E-state index contributed by atoms with van der Waals surface area (Å²) >= 11 is 0. The fourth-order valence-electron chi connectivity index (χ4n) is 3.95. The van der Waals surface area contributed by atoms with Gasteiger partial charge in [0.15, 0.2) is 0 Å². The molecule has 0 aliphatic carbocycles. The highest BCUT2D eigenvalue weighted by Crippen LogP contribution is 2.31. The van der Waals surface area contributed by atoms with Gasteiger partial charge in [0.2, 0.25) is 5.91 Å². The fraction of sp³-hybridized carbons (Fsp3) is 0.208. The van der Waals surface area contributed by atoms with E-state index in [0.717, 1.165) is 0 Å². The Bertz CT molecular complexity index is 1270. The van der Waals surface area contributed by atoms with Gasteiger partial charge in [-0.15, -0.1) is 0 Å². The molecule has 0 bridgehead atoms. The molecule has 2 N–H and O–H groups in total. The minimum absolute atomic E-state index is 0.0576. The minimum atomic E-state index is -3.74. The van der Waals surface area contributed by atoms with Gasteiger partial charge in [-0.05, 0) is 55.3 Å². The molecule has 0 spiro atoms. The van der Waals surface area contributed by atoms with Crippen LogP contribution in [-0.2, 0) is 14.8 Å². The van der Waals surface area contributed by atoms with Crippen LogP contribution in [0, 0.1) is 16.0 Å². The summed E-state index contributed by atoms with van der Waals surface area (Å²) in [5.74, 6) is -0.387. The maximum Gasteiger partial charge on any atom is 0.292 e. The number of sulfonamides is 1. The van der Waals surface area contributed by atoms with Crippen LogP contribution in [0.3, 0.4) is 0 Å². The fourth-order valence-corrected chi connectivity index (χ4v) is 5.01. The number of benzene rings is 3. The van der Waals surface area contributed by atoms with Crippen LogP contribution in [0.15, 0.2) is 83.8 Å². The highest BCUT2D eigenvalue weighted by molar-refractivity contribution is 7.92. The molecule has 1 heterocycles. The summed E-state index contributed by atoms with van der Waals surface area (Å²) in [6.07, 6.45) is 1.12. The van der Waals surface area contributed by atoms with E-state index in [1.807, 2.05) is 4.90 Å². The number of para-hydroxylation sites is 3. The van der Waals surface area contributed by atoms with Crippen molar-refractivity contribution in [1.82, 2.24) is 0 Å². The van der Waals surface area contributed by atoms with Crippen molar-refractivity contribution in [2.45, 2.75) is 17.7 Å². The number of rotatable bonds is 7. The van der Waals surface area contributed by atoms with Crippen LogP contribution in [0.25, 0.3) is 0 Å². The summed E-state index contributed by atoms with van der Waals surface area (Å²) < 4.78 is 27.6. The zero-order chi connectivity index (χ0) is 24.1. The molecule has 0 atom stereocenters. The van der Waals surface area contributed by atoms with Crippen molar-refractivity contribution in [1.29, 1.82) is 0 Å². The third kappa shape index (κ3) is 5.34. The molecule has 0 aromatic heterocycles. The molecule has 3 aromatic carbocycles. The van der Waals surface area contributed by atoms with E-state index < -0.39 is 14.9 Å². The molecular formula is C24H24N4O5S. The van der Waals surface area contributed by atoms with Gasteiger partial charge >= 0.3 is 0 Å². The van der Waals surface area contributed by atoms with Crippen molar-refractivity contribution >= 4 is 38.7 Å². The Kier molecular flexibility index (Phi) is 6.78. The summed E-state index contributed by atoms with van der Waals surface area (Å²) in [7, 11) is -3.74. The molecule has 34 heavy (non-hydrogen) atoms. The van der Waals surface area contributed by atoms with E-state index >= 15 is 0 Å². The number of nitro groups is 1. The second kappa shape index (κ2) is 9.92. The lowest BCUT2D eigenvalue weighted by molar-refractivity contribution is -0.384. The van der Waals surface area contributed by atoms with Gasteiger partial charge in [-0.25, -0.2) is 8.42 Å². The molecular weight excluding hydrogens is 456 g/mol. The number of carbonyl (C=O) groups is 1. The number of anilines is 3. The first-order valence-corrected chi connectivity index (χ1v) is 12.3. The number of hydrogen-bond donors (Lipinski definition) is 2. The van der Waals surface area contributed by atoms with Crippen LogP contribution in [0.1, 0.15) is 12.8 Å². The molecule has 1 saturated heterocycles. The number of amides is 1. The van der Waals surface area contributed by atoms with Gasteiger partial charge in [0.25, 0.3) is 15.7 Å². The van der Waals surface area contributed by atoms with Gasteiger partial charge in [-0.3, -0.25) is 19.6 Å². The first-order valence-electron chi connectivity index (χ1n) is 10.8. The summed E-state index contributed by atoms with van der Waals surface area (Å²) in [4.78, 5) is 25.7. The topological polar surface area (TPSA) is 122 Å². The highest BCUT2D eigenvalue weighted by Gasteiger charge is 2.28. The SMILES string of the molecule is O=C(Nc1ccc(S(=O)(=O)Nc2ccccc2)cc1)C1CCN(c2ccccc2[N+](=O)[O-])CC1. The minimum Gasteiger partial charge on any atom is -0.366 e. The molecule has 9 nitrogen and oxygen atoms in total. The van der Waals surface area contributed by atoms with Crippen molar-refractivity contribution in [3.05, 3.63) is 89.0 Å². The number of nitro benzene ring substituents is 1. The van der Waals surface area contributed by atoms with Gasteiger partial charge in [0.1, 0.15) is 5.69 Å². The molecule has 0 unspecified atom stereocenters. The van der Waals surface area contributed by atoms with E-state index in [-0.39, 0.29) is 22.4 Å². The first-order chi connectivity index (χ1) is 16.3. The van der Waals surface area contributed by atoms with E-state index in [1.54, 1.807) is 60.7 Å². The normalized spacial score (nSPS) is 14.4. The lowest BCUT2D eigenvalue weighted by atomic mass is 9.95. The van der Waals surface area contributed by atoms with E-state index in [0.29, 0.717) is 43.0 Å². The second-order valence-electron chi connectivity index (χ2n) is 7.99. The zero-order valence-corrected chi connectivity index (χ0v) is 19.1. The molecule has 1 fully saturated rings. The molecule has 4 rings (SSSR count). The largest absolute Gasteiger partial charge is 0.366 e. The lowest BCUT2D eigenvalue weighted by Crippen LogP contribution is -2.38. The van der Waals surface area contributed by atoms with Gasteiger partial charge in [-0.2, -0.15) is 0 Å². The Labute approximate surface area is 197 Å². The summed E-state index contributed by atoms with van der Waals surface area (Å²) in [6, 6.07) is 21.2. The molecule has 3 aromatic rings. The van der Waals surface area contributed by atoms with Crippen molar-refractivity contribution in [2.75, 3.05) is 28.0 Å². The smallest absolute Gasteiger partial charge is 0.292 e. The van der Waals surface area contributed by atoms with Crippen molar-refractivity contribution in [2.24, 2.45) is 5.92 Å². The monoisotopic (exact) mass is 480 g/mol. The summed E-state index contributed by atoms with van der Waals surface area (Å²) in [5.41, 5.74) is 1.59. The van der Waals surface area contributed by atoms with Gasteiger partial charge in [0, 0.05) is 36.4 Å². The molecule has 1 aliphatic heterocycles. The Hall–Kier alpha value is -3.92. The Morgan fingerprint density at radius 1 is 0.882 bits per heavy atom. The molecule has 1 amide bonds. The van der Waals surface area contributed by atoms with Crippen LogP contribution in [0.4, 0.5) is 22.7 Å². The maximum absolute atomic E-state index is 12.7. The summed E-state index contributed by atoms with van der Waals surface area (Å²) in [5, 5.41) is 14.1. The predicted molar refractivity (Wildman–Crippen MR) is 130 cm³/mol. The zero-order valence-electron chi connectivity index (χ0n) is 18.3. The quantitative estimate of drug-likeness (QED) is 0.385. The third-order valence-corrected chi connectivity index (χ3v) is 7.14. The van der Waals surface area contributed by atoms with Crippen molar-refractivity contribution in [3.8, 4) is 0 Å². The van der Waals surface area contributed by atoms with Crippen LogP contribution >= 0.6 is 0 Å². The van der Waals surface area contributed by atoms with Crippen LogP contribution in [0.5, 0.6) is 0 Å². The molecule has 10 heteroatoms. The van der Waals surface area contributed by atoms with Gasteiger partial charge in [0.05, 0.1) is 9.82 Å². The molecule has 0 saturated carbocycles. The number of nitrogens with zero attached hydrogens (tertiary/aromatic N) is 2. The van der Waals surface area contributed by atoms with E-state index in [2.05, 4.69) is 10.0 Å².